The molecular formula is C12H19N3O4. The lowest BCUT2D eigenvalue weighted by Crippen LogP contribution is -2.43. The highest BCUT2D eigenvalue weighted by atomic mass is 16.5. The van der Waals surface area contributed by atoms with E-state index < -0.39 is 5.60 Å². The van der Waals surface area contributed by atoms with E-state index in [0.717, 1.165) is 0 Å². The largest absolute Gasteiger partial charge is 0.481 e. The summed E-state index contributed by atoms with van der Waals surface area (Å²) in [4.78, 5) is 8.28. The van der Waals surface area contributed by atoms with Crippen LogP contribution < -0.4 is 14.8 Å². The smallest absolute Gasteiger partial charge is 0.229 e. The number of nitrogens with one attached hydrogen (secondary N) is 1. The molecule has 2 atom stereocenters. The van der Waals surface area contributed by atoms with Gasteiger partial charge in [-0.2, -0.15) is 9.97 Å². The molecule has 1 aromatic heterocycles. The molecule has 106 valence electrons. The zero-order chi connectivity index (χ0) is 13.9. The van der Waals surface area contributed by atoms with Crippen LogP contribution in [-0.2, 0) is 4.74 Å². The van der Waals surface area contributed by atoms with E-state index in [1.54, 1.807) is 6.07 Å². The SMILES string of the molecule is COc1cc(OC)nc(NCC2(O)CCOC2C)n1. The van der Waals surface area contributed by atoms with Crippen molar-refractivity contribution in [1.29, 1.82) is 0 Å². The number of nitrogens with zero attached hydrogens (tertiary/aromatic N) is 2. The first-order valence-corrected chi connectivity index (χ1v) is 6.12. The summed E-state index contributed by atoms with van der Waals surface area (Å²) in [5.74, 6) is 1.15. The molecule has 1 saturated heterocycles. The van der Waals surface area contributed by atoms with E-state index in [4.69, 9.17) is 14.2 Å². The average molecular weight is 269 g/mol. The molecule has 0 amide bonds. The fourth-order valence-electron chi connectivity index (χ4n) is 1.93. The molecule has 2 unspecified atom stereocenters. The number of anilines is 1. The Kier molecular flexibility index (Phi) is 4.06. The van der Waals surface area contributed by atoms with Crippen molar-refractivity contribution < 1.29 is 19.3 Å². The third-order valence-corrected chi connectivity index (χ3v) is 3.31. The quantitative estimate of drug-likeness (QED) is 0.802. The zero-order valence-electron chi connectivity index (χ0n) is 11.3. The summed E-state index contributed by atoms with van der Waals surface area (Å²) in [5.41, 5.74) is -0.903. The van der Waals surface area contributed by atoms with Crippen LogP contribution in [0.25, 0.3) is 0 Å². The number of methoxy groups -OCH3 is 2. The van der Waals surface area contributed by atoms with Gasteiger partial charge in [-0.1, -0.05) is 0 Å². The first-order chi connectivity index (χ1) is 9.07. The van der Waals surface area contributed by atoms with E-state index in [9.17, 15) is 5.11 Å². The summed E-state index contributed by atoms with van der Waals surface area (Å²) in [7, 11) is 3.04. The minimum absolute atomic E-state index is 0.215. The maximum absolute atomic E-state index is 10.4. The number of ether oxygens (including phenoxy) is 3. The van der Waals surface area contributed by atoms with Crippen LogP contribution in [0.5, 0.6) is 11.8 Å². The molecule has 0 spiro atoms. The summed E-state index contributed by atoms with van der Waals surface area (Å²) < 4.78 is 15.5. The molecule has 0 bridgehead atoms. The first kappa shape index (κ1) is 13.8. The van der Waals surface area contributed by atoms with Gasteiger partial charge in [0.15, 0.2) is 0 Å². The number of aliphatic hydroxyl groups is 1. The predicted molar refractivity (Wildman–Crippen MR) is 68.6 cm³/mol. The highest BCUT2D eigenvalue weighted by molar-refractivity contribution is 5.34. The Morgan fingerprint density at radius 1 is 1.42 bits per heavy atom. The van der Waals surface area contributed by atoms with Gasteiger partial charge in [0.25, 0.3) is 0 Å². The van der Waals surface area contributed by atoms with Gasteiger partial charge in [-0.15, -0.1) is 0 Å². The lowest BCUT2D eigenvalue weighted by molar-refractivity contribution is -0.0177. The Bertz CT molecular complexity index is 421. The van der Waals surface area contributed by atoms with Gasteiger partial charge in [-0.3, -0.25) is 0 Å². The number of hydrogen-bond acceptors (Lipinski definition) is 7. The van der Waals surface area contributed by atoms with Gasteiger partial charge in [0.1, 0.15) is 5.60 Å². The van der Waals surface area contributed by atoms with E-state index in [1.807, 2.05) is 6.92 Å². The van der Waals surface area contributed by atoms with E-state index in [2.05, 4.69) is 15.3 Å². The molecule has 0 saturated carbocycles. The van der Waals surface area contributed by atoms with Crippen LogP contribution in [0.3, 0.4) is 0 Å². The monoisotopic (exact) mass is 269 g/mol. The van der Waals surface area contributed by atoms with Crippen molar-refractivity contribution in [2.24, 2.45) is 0 Å². The topological polar surface area (TPSA) is 85.7 Å². The van der Waals surface area contributed by atoms with Crippen molar-refractivity contribution in [1.82, 2.24) is 9.97 Å². The predicted octanol–water partition coefficient (Wildman–Crippen LogP) is 0.446. The third-order valence-electron chi connectivity index (χ3n) is 3.31. The van der Waals surface area contributed by atoms with Crippen LogP contribution in [0.1, 0.15) is 13.3 Å². The Hall–Kier alpha value is -1.60. The number of rotatable bonds is 5. The second-order valence-corrected chi connectivity index (χ2v) is 4.50. The van der Waals surface area contributed by atoms with Crippen molar-refractivity contribution in [2.75, 3.05) is 32.7 Å². The summed E-state index contributed by atoms with van der Waals surface area (Å²) in [6, 6.07) is 1.58. The molecule has 7 nitrogen and oxygen atoms in total. The minimum atomic E-state index is -0.903. The molecular weight excluding hydrogens is 250 g/mol. The molecule has 7 heteroatoms. The molecule has 0 aromatic carbocycles. The van der Waals surface area contributed by atoms with Crippen LogP contribution in [0, 0.1) is 0 Å². The number of hydrogen-bond donors (Lipinski definition) is 2. The fourth-order valence-corrected chi connectivity index (χ4v) is 1.93. The molecule has 2 heterocycles. The maximum atomic E-state index is 10.4. The zero-order valence-corrected chi connectivity index (χ0v) is 11.3. The van der Waals surface area contributed by atoms with Crippen LogP contribution >= 0.6 is 0 Å². The highest BCUT2D eigenvalue weighted by Gasteiger charge is 2.39. The van der Waals surface area contributed by atoms with Gasteiger partial charge in [0.2, 0.25) is 17.7 Å². The van der Waals surface area contributed by atoms with Gasteiger partial charge in [-0.05, 0) is 6.92 Å². The summed E-state index contributed by atoms with van der Waals surface area (Å²) in [6.45, 7) is 2.72. The molecule has 1 aliphatic heterocycles. The normalized spacial score (nSPS) is 26.2. The maximum Gasteiger partial charge on any atom is 0.229 e. The average Bonchev–Trinajstić information content (AvgIpc) is 2.76. The second-order valence-electron chi connectivity index (χ2n) is 4.50. The molecule has 2 N–H and O–H groups in total. The van der Waals surface area contributed by atoms with Gasteiger partial charge >= 0.3 is 0 Å². The van der Waals surface area contributed by atoms with Crippen molar-refractivity contribution in [2.45, 2.75) is 25.0 Å². The number of aromatic nitrogens is 2. The van der Waals surface area contributed by atoms with Crippen LogP contribution in [0.4, 0.5) is 5.95 Å². The molecule has 0 aliphatic carbocycles. The van der Waals surface area contributed by atoms with Gasteiger partial charge in [-0.25, -0.2) is 0 Å². The van der Waals surface area contributed by atoms with Crippen LogP contribution in [0.15, 0.2) is 6.07 Å². The van der Waals surface area contributed by atoms with Crippen molar-refractivity contribution >= 4 is 5.95 Å². The Morgan fingerprint density at radius 2 is 2.05 bits per heavy atom. The Morgan fingerprint density at radius 3 is 2.53 bits per heavy atom. The molecule has 0 radical (unpaired) electrons. The molecule has 1 aliphatic rings. The summed E-state index contributed by atoms with van der Waals surface area (Å²) >= 11 is 0. The van der Waals surface area contributed by atoms with E-state index in [-0.39, 0.29) is 6.10 Å². The van der Waals surface area contributed by atoms with E-state index in [1.165, 1.54) is 14.2 Å². The second kappa shape index (κ2) is 5.58. The Labute approximate surface area is 111 Å². The van der Waals surface area contributed by atoms with Crippen molar-refractivity contribution in [3.05, 3.63) is 6.07 Å². The minimum Gasteiger partial charge on any atom is -0.481 e. The molecule has 1 fully saturated rings. The van der Waals surface area contributed by atoms with E-state index in [0.29, 0.717) is 37.3 Å². The summed E-state index contributed by atoms with van der Waals surface area (Å²) in [5, 5.41) is 13.4. The standard InChI is InChI=1S/C12H19N3O4/c1-8-12(16,4-5-19-8)7-13-11-14-9(17-2)6-10(15-11)18-3/h6,8,16H,4-5,7H2,1-3H3,(H,13,14,15). The van der Waals surface area contributed by atoms with Gasteiger partial charge in [0, 0.05) is 19.6 Å². The molecule has 19 heavy (non-hydrogen) atoms. The Balaban J connectivity index is 2.06. The van der Waals surface area contributed by atoms with Crippen LogP contribution in [-0.4, -0.2) is 54.2 Å². The lowest BCUT2D eigenvalue weighted by Gasteiger charge is -2.26. The van der Waals surface area contributed by atoms with Gasteiger partial charge < -0.3 is 24.6 Å². The summed E-state index contributed by atoms with van der Waals surface area (Å²) in [6.07, 6.45) is 0.370. The first-order valence-electron chi connectivity index (χ1n) is 6.12. The van der Waals surface area contributed by atoms with E-state index >= 15 is 0 Å². The van der Waals surface area contributed by atoms with Crippen LogP contribution in [0.2, 0.25) is 0 Å². The van der Waals surface area contributed by atoms with Crippen molar-refractivity contribution in [3.63, 3.8) is 0 Å². The van der Waals surface area contributed by atoms with Crippen molar-refractivity contribution in [3.8, 4) is 11.8 Å². The third kappa shape index (κ3) is 3.05. The molecule has 1 aromatic rings. The highest BCUT2D eigenvalue weighted by Crippen LogP contribution is 2.26. The lowest BCUT2D eigenvalue weighted by atomic mass is 9.97. The van der Waals surface area contributed by atoms with Gasteiger partial charge in [0.05, 0.1) is 26.4 Å². The molecule has 2 rings (SSSR count). The fraction of sp³-hybridized carbons (Fsp3) is 0.667.